The largest absolute Gasteiger partial charge is 0.457 e. The molecule has 1 N–H and O–H groups in total. The number of carbonyl (C=O) groups is 1. The molecule has 1 atom stereocenters. The molecule has 0 radical (unpaired) electrons. The van der Waals surface area contributed by atoms with Gasteiger partial charge in [0.25, 0.3) is 0 Å². The topological polar surface area (TPSA) is 55.8 Å². The van der Waals surface area contributed by atoms with Crippen LogP contribution >= 0.6 is 0 Å². The van der Waals surface area contributed by atoms with Gasteiger partial charge in [0, 0.05) is 6.61 Å². The Morgan fingerprint density at radius 1 is 0.511 bits per heavy atom. The lowest BCUT2D eigenvalue weighted by molar-refractivity contribution is -0.153. The summed E-state index contributed by atoms with van der Waals surface area (Å²) in [5.41, 5.74) is 0. The van der Waals surface area contributed by atoms with Gasteiger partial charge in [0.2, 0.25) is 0 Å². The number of hydrogen-bond acceptors (Lipinski definition) is 4. The molecule has 0 aromatic heterocycles. The lowest BCUT2D eigenvalue weighted by Crippen LogP contribution is -2.27. The predicted molar refractivity (Wildman–Crippen MR) is 204 cm³/mol. The molecule has 0 spiro atoms. The Bertz CT molecular complexity index is 987. The zero-order chi connectivity index (χ0) is 34.1. The molecule has 0 aliphatic heterocycles. The molecule has 0 heterocycles. The number of aliphatic hydroxyl groups excluding tert-OH is 1. The van der Waals surface area contributed by atoms with Crippen LogP contribution in [0.1, 0.15) is 117 Å². The molecule has 0 aromatic carbocycles. The fraction of sp³-hybridized carbons (Fsp3) is 0.512. The van der Waals surface area contributed by atoms with Crippen LogP contribution in [-0.4, -0.2) is 37.0 Å². The van der Waals surface area contributed by atoms with Crippen LogP contribution in [0.4, 0.5) is 0 Å². The van der Waals surface area contributed by atoms with Crippen molar-refractivity contribution >= 4 is 5.97 Å². The highest BCUT2D eigenvalue weighted by Crippen LogP contribution is 2.06. The molecule has 0 rings (SSSR count). The van der Waals surface area contributed by atoms with Crippen LogP contribution < -0.4 is 0 Å². The maximum Gasteiger partial charge on any atom is 0.310 e. The van der Waals surface area contributed by atoms with E-state index in [1.54, 1.807) is 0 Å². The first kappa shape index (κ1) is 43.8. The predicted octanol–water partition coefficient (Wildman–Crippen LogP) is 11.8. The molecule has 0 saturated heterocycles. The van der Waals surface area contributed by atoms with Gasteiger partial charge in [-0.05, 0) is 83.5 Å². The molecule has 47 heavy (non-hydrogen) atoms. The van der Waals surface area contributed by atoms with Gasteiger partial charge in [-0.15, -0.1) is 0 Å². The van der Waals surface area contributed by atoms with Crippen molar-refractivity contribution in [3.63, 3.8) is 0 Å². The van der Waals surface area contributed by atoms with E-state index in [1.807, 2.05) is 12.2 Å². The standard InChI is InChI=1S/C43H66O4/c1-3-5-7-9-11-13-15-17-19-20-21-22-23-25-27-29-31-33-35-37-39-46-41-42(40-44)47-43(45)38-36-34-32-30-28-26-24-18-16-14-12-10-8-6-4-2/h5-8,11-14,17-19,21-22,24-25,27-28,30,34,36,42,44H,3-4,9-10,15-16,20,23,26,29,31-33,35,37-41H2,1-2H3/b7-5-,8-6-,13-11-,14-12-,19-17-,22-21-,24-18-,27-25-,30-28-,36-34-. The molecule has 0 aliphatic carbocycles. The van der Waals surface area contributed by atoms with Gasteiger partial charge >= 0.3 is 5.97 Å². The van der Waals surface area contributed by atoms with E-state index in [9.17, 15) is 9.90 Å². The van der Waals surface area contributed by atoms with E-state index in [0.717, 1.165) is 83.5 Å². The summed E-state index contributed by atoms with van der Waals surface area (Å²) in [6, 6.07) is 0. The minimum atomic E-state index is -0.611. The zero-order valence-corrected chi connectivity index (χ0v) is 29.7. The quantitative estimate of drug-likeness (QED) is 0.0462. The SMILES string of the molecule is CC/C=C\C/C=C\C/C=C\C/C=C\C/C=C\CCCCCCOCC(CO)OC(=O)C/C=C\C/C=C\C/C=C\C/C=C\C/C=C\CC. The number of carbonyl (C=O) groups excluding carboxylic acids is 1. The Morgan fingerprint density at radius 3 is 1.32 bits per heavy atom. The molecule has 0 aromatic rings. The number of rotatable bonds is 31. The summed E-state index contributed by atoms with van der Waals surface area (Å²) >= 11 is 0. The third kappa shape index (κ3) is 37.1. The van der Waals surface area contributed by atoms with Crippen LogP contribution in [0.2, 0.25) is 0 Å². The third-order valence-electron chi connectivity index (χ3n) is 6.81. The highest BCUT2D eigenvalue weighted by molar-refractivity contribution is 5.71. The molecule has 4 heteroatoms. The fourth-order valence-corrected chi connectivity index (χ4v) is 4.19. The van der Waals surface area contributed by atoms with E-state index in [2.05, 4.69) is 123 Å². The summed E-state index contributed by atoms with van der Waals surface area (Å²) in [4.78, 5) is 12.1. The molecule has 1 unspecified atom stereocenters. The monoisotopic (exact) mass is 646 g/mol. The Morgan fingerprint density at radius 2 is 0.894 bits per heavy atom. The van der Waals surface area contributed by atoms with E-state index in [4.69, 9.17) is 9.47 Å². The first-order valence-electron chi connectivity index (χ1n) is 18.1. The molecular weight excluding hydrogens is 580 g/mol. The Balaban J connectivity index is 3.70. The summed E-state index contributed by atoms with van der Waals surface area (Å²) in [6.07, 6.45) is 58.3. The van der Waals surface area contributed by atoms with Crippen molar-refractivity contribution in [1.29, 1.82) is 0 Å². The molecule has 0 bridgehead atoms. The van der Waals surface area contributed by atoms with Crippen molar-refractivity contribution in [3.8, 4) is 0 Å². The van der Waals surface area contributed by atoms with Crippen molar-refractivity contribution in [2.45, 2.75) is 123 Å². The highest BCUT2D eigenvalue weighted by Gasteiger charge is 2.12. The lowest BCUT2D eigenvalue weighted by atomic mass is 10.1. The molecule has 0 amide bonds. The average molecular weight is 647 g/mol. The summed E-state index contributed by atoms with van der Waals surface area (Å²) in [5, 5.41) is 9.54. The van der Waals surface area contributed by atoms with Gasteiger partial charge in [0.15, 0.2) is 0 Å². The van der Waals surface area contributed by atoms with Gasteiger partial charge in [0.05, 0.1) is 19.6 Å². The summed E-state index contributed by atoms with van der Waals surface area (Å²) in [7, 11) is 0. The van der Waals surface area contributed by atoms with Gasteiger partial charge in [-0.2, -0.15) is 0 Å². The van der Waals surface area contributed by atoms with E-state index in [-0.39, 0.29) is 25.6 Å². The number of hydrogen-bond donors (Lipinski definition) is 1. The Labute approximate surface area is 288 Å². The summed E-state index contributed by atoms with van der Waals surface area (Å²) < 4.78 is 11.0. The first-order chi connectivity index (χ1) is 23.2. The average Bonchev–Trinajstić information content (AvgIpc) is 3.08. The van der Waals surface area contributed by atoms with Crippen molar-refractivity contribution in [3.05, 3.63) is 122 Å². The van der Waals surface area contributed by atoms with E-state index in [1.165, 1.54) is 12.8 Å². The van der Waals surface area contributed by atoms with E-state index < -0.39 is 6.10 Å². The van der Waals surface area contributed by atoms with E-state index in [0.29, 0.717) is 6.61 Å². The normalized spacial score (nSPS) is 13.9. The number of allylic oxidation sites excluding steroid dienone is 19. The molecule has 0 aliphatic rings. The van der Waals surface area contributed by atoms with Gasteiger partial charge in [-0.1, -0.05) is 148 Å². The van der Waals surface area contributed by atoms with Crippen molar-refractivity contribution in [1.82, 2.24) is 0 Å². The second kappa shape index (κ2) is 39.0. The zero-order valence-electron chi connectivity index (χ0n) is 29.7. The van der Waals surface area contributed by atoms with Crippen LogP contribution in [0, 0.1) is 0 Å². The van der Waals surface area contributed by atoms with Crippen LogP contribution in [0.15, 0.2) is 122 Å². The second-order valence-corrected chi connectivity index (χ2v) is 11.2. The maximum absolute atomic E-state index is 12.1. The minimum Gasteiger partial charge on any atom is -0.457 e. The van der Waals surface area contributed by atoms with Crippen molar-refractivity contribution in [2.24, 2.45) is 0 Å². The molecule has 262 valence electrons. The van der Waals surface area contributed by atoms with Crippen molar-refractivity contribution in [2.75, 3.05) is 19.8 Å². The lowest BCUT2D eigenvalue weighted by Gasteiger charge is -2.15. The number of unbranched alkanes of at least 4 members (excludes halogenated alkanes) is 4. The number of aliphatic hydroxyl groups is 1. The fourth-order valence-electron chi connectivity index (χ4n) is 4.19. The van der Waals surface area contributed by atoms with Gasteiger partial charge in [-0.25, -0.2) is 0 Å². The summed E-state index contributed by atoms with van der Waals surface area (Å²) in [5.74, 6) is -0.343. The Hall–Kier alpha value is -3.21. The molecule has 0 saturated carbocycles. The van der Waals surface area contributed by atoms with Crippen LogP contribution in [0.3, 0.4) is 0 Å². The Kier molecular flexibility index (Phi) is 36.3. The number of ether oxygens (including phenoxy) is 2. The molecule has 4 nitrogen and oxygen atoms in total. The highest BCUT2D eigenvalue weighted by atomic mass is 16.6. The maximum atomic E-state index is 12.1. The molecular formula is C43H66O4. The van der Waals surface area contributed by atoms with Gasteiger partial charge in [-0.3, -0.25) is 4.79 Å². The van der Waals surface area contributed by atoms with Crippen LogP contribution in [-0.2, 0) is 14.3 Å². The first-order valence-corrected chi connectivity index (χ1v) is 18.1. The third-order valence-corrected chi connectivity index (χ3v) is 6.81. The summed E-state index contributed by atoms with van der Waals surface area (Å²) in [6.45, 7) is 4.91. The van der Waals surface area contributed by atoms with Gasteiger partial charge in [0.1, 0.15) is 6.10 Å². The van der Waals surface area contributed by atoms with Gasteiger partial charge < -0.3 is 14.6 Å². The van der Waals surface area contributed by atoms with Crippen LogP contribution in [0.25, 0.3) is 0 Å². The smallest absolute Gasteiger partial charge is 0.310 e. The second-order valence-electron chi connectivity index (χ2n) is 11.2. The van der Waals surface area contributed by atoms with Crippen LogP contribution in [0.5, 0.6) is 0 Å². The van der Waals surface area contributed by atoms with Crippen molar-refractivity contribution < 1.29 is 19.4 Å². The van der Waals surface area contributed by atoms with E-state index >= 15 is 0 Å². The number of esters is 1. The minimum absolute atomic E-state index is 0.196. The molecule has 0 fully saturated rings.